The summed E-state index contributed by atoms with van der Waals surface area (Å²) in [5.74, 6) is 1.01. The molecule has 0 aliphatic carbocycles. The highest BCUT2D eigenvalue weighted by Gasteiger charge is 2.22. The first-order chi connectivity index (χ1) is 8.70. The molecule has 0 N–H and O–H groups in total. The van der Waals surface area contributed by atoms with E-state index in [-0.39, 0.29) is 0 Å². The zero-order valence-electron chi connectivity index (χ0n) is 10.0. The molecule has 1 aromatic rings. The Morgan fingerprint density at radius 3 is 2.50 bits per heavy atom. The highest BCUT2D eigenvalue weighted by atomic mass is 16.7. The minimum absolute atomic E-state index is 0.299. The van der Waals surface area contributed by atoms with E-state index in [4.69, 9.17) is 9.47 Å². The Bertz CT molecular complexity index is 490. The van der Waals surface area contributed by atoms with Crippen molar-refractivity contribution < 1.29 is 19.1 Å². The quantitative estimate of drug-likeness (QED) is 0.589. The van der Waals surface area contributed by atoms with E-state index in [1.54, 1.807) is 7.11 Å². The Labute approximate surface area is 105 Å². The summed E-state index contributed by atoms with van der Waals surface area (Å²) < 4.78 is 10.5. The van der Waals surface area contributed by atoms with Crippen LogP contribution in [0, 0.1) is 0 Å². The molecular weight excluding hydrogens is 234 g/mol. The number of hydrogen-bond donors (Lipinski definition) is 0. The SMILES string of the molecule is C=C1C(=O)ON=C1CCOc1ccc(OC)cc1. The summed E-state index contributed by atoms with van der Waals surface area (Å²) in [6.45, 7) is 3.99. The average molecular weight is 247 g/mol. The summed E-state index contributed by atoms with van der Waals surface area (Å²) in [4.78, 5) is 15.5. The maximum Gasteiger partial charge on any atom is 0.367 e. The molecule has 0 amide bonds. The minimum atomic E-state index is -0.491. The third-order valence-electron chi connectivity index (χ3n) is 2.50. The van der Waals surface area contributed by atoms with Crippen molar-refractivity contribution in [3.63, 3.8) is 0 Å². The zero-order valence-corrected chi connectivity index (χ0v) is 10.0. The predicted octanol–water partition coefficient (Wildman–Crippen LogP) is 1.93. The van der Waals surface area contributed by atoms with Crippen molar-refractivity contribution in [3.05, 3.63) is 36.4 Å². The lowest BCUT2D eigenvalue weighted by Gasteiger charge is -2.06. The molecule has 0 bridgehead atoms. The second-order valence-electron chi connectivity index (χ2n) is 3.67. The smallest absolute Gasteiger partial charge is 0.367 e. The third kappa shape index (κ3) is 2.68. The fraction of sp³-hybridized carbons (Fsp3) is 0.231. The molecule has 5 heteroatoms. The van der Waals surface area contributed by atoms with Gasteiger partial charge in [-0.15, -0.1) is 0 Å². The van der Waals surface area contributed by atoms with Crippen LogP contribution in [0.15, 0.2) is 41.6 Å². The zero-order chi connectivity index (χ0) is 13.0. The van der Waals surface area contributed by atoms with Gasteiger partial charge in [0.15, 0.2) is 0 Å². The average Bonchev–Trinajstić information content (AvgIpc) is 2.71. The highest BCUT2D eigenvalue weighted by Crippen LogP contribution is 2.18. The number of hydrogen-bond acceptors (Lipinski definition) is 5. The Kier molecular flexibility index (Phi) is 3.62. The van der Waals surface area contributed by atoms with Gasteiger partial charge in [0.25, 0.3) is 0 Å². The Morgan fingerprint density at radius 1 is 1.28 bits per heavy atom. The van der Waals surface area contributed by atoms with Crippen LogP contribution in [0.1, 0.15) is 6.42 Å². The molecule has 0 fully saturated rings. The number of methoxy groups -OCH3 is 1. The van der Waals surface area contributed by atoms with Crippen LogP contribution in [-0.4, -0.2) is 25.4 Å². The van der Waals surface area contributed by atoms with Gasteiger partial charge in [0.05, 0.1) is 25.0 Å². The summed E-state index contributed by atoms with van der Waals surface area (Å²) in [6.07, 6.45) is 0.483. The molecule has 18 heavy (non-hydrogen) atoms. The van der Waals surface area contributed by atoms with Crippen LogP contribution in [0.25, 0.3) is 0 Å². The molecule has 1 aromatic carbocycles. The molecule has 0 aromatic heterocycles. The van der Waals surface area contributed by atoms with Crippen molar-refractivity contribution in [2.75, 3.05) is 13.7 Å². The third-order valence-corrected chi connectivity index (χ3v) is 2.50. The van der Waals surface area contributed by atoms with Gasteiger partial charge < -0.3 is 14.3 Å². The number of oxime groups is 1. The topological polar surface area (TPSA) is 57.1 Å². The van der Waals surface area contributed by atoms with Crippen molar-refractivity contribution in [2.45, 2.75) is 6.42 Å². The van der Waals surface area contributed by atoms with E-state index in [2.05, 4.69) is 16.6 Å². The molecule has 1 aliphatic rings. The van der Waals surface area contributed by atoms with Crippen LogP contribution in [0.2, 0.25) is 0 Å². The molecule has 1 aliphatic heterocycles. The van der Waals surface area contributed by atoms with Crippen LogP contribution in [-0.2, 0) is 9.63 Å². The number of benzene rings is 1. The van der Waals surface area contributed by atoms with E-state index in [0.29, 0.717) is 24.3 Å². The van der Waals surface area contributed by atoms with Gasteiger partial charge >= 0.3 is 5.97 Å². The van der Waals surface area contributed by atoms with Crippen LogP contribution < -0.4 is 9.47 Å². The largest absolute Gasteiger partial charge is 0.497 e. The first-order valence-corrected chi connectivity index (χ1v) is 5.45. The van der Waals surface area contributed by atoms with Gasteiger partial charge in [-0.2, -0.15) is 0 Å². The molecule has 94 valence electrons. The predicted molar refractivity (Wildman–Crippen MR) is 65.8 cm³/mol. The molecular formula is C13H13NO4. The van der Waals surface area contributed by atoms with Crippen molar-refractivity contribution in [3.8, 4) is 11.5 Å². The molecule has 1 heterocycles. The van der Waals surface area contributed by atoms with E-state index in [1.807, 2.05) is 24.3 Å². The first kappa shape index (κ1) is 12.2. The standard InChI is InChI=1S/C13H13NO4/c1-9-12(14-18-13(9)15)7-8-17-11-5-3-10(16-2)4-6-11/h3-6H,1,7-8H2,2H3. The maximum absolute atomic E-state index is 11.0. The number of carbonyl (C=O) groups excluding carboxylic acids is 1. The number of ether oxygens (including phenoxy) is 2. The number of carbonyl (C=O) groups is 1. The highest BCUT2D eigenvalue weighted by molar-refractivity contribution is 6.21. The fourth-order valence-electron chi connectivity index (χ4n) is 1.46. The Balaban J connectivity index is 1.82. The summed E-state index contributed by atoms with van der Waals surface area (Å²) in [5.41, 5.74) is 0.835. The summed E-state index contributed by atoms with van der Waals surface area (Å²) in [6, 6.07) is 7.25. The fourth-order valence-corrected chi connectivity index (χ4v) is 1.46. The van der Waals surface area contributed by atoms with Crippen molar-refractivity contribution in [1.82, 2.24) is 0 Å². The summed E-state index contributed by atoms with van der Waals surface area (Å²) in [7, 11) is 1.61. The molecule has 0 spiro atoms. The number of rotatable bonds is 5. The first-order valence-electron chi connectivity index (χ1n) is 5.45. The van der Waals surface area contributed by atoms with E-state index in [0.717, 1.165) is 11.5 Å². The molecule has 2 rings (SSSR count). The molecule has 0 saturated heterocycles. The summed E-state index contributed by atoms with van der Waals surface area (Å²) in [5, 5.41) is 3.62. The van der Waals surface area contributed by atoms with Gasteiger partial charge in [-0.25, -0.2) is 4.79 Å². The van der Waals surface area contributed by atoms with Crippen LogP contribution >= 0.6 is 0 Å². The Morgan fingerprint density at radius 2 is 1.94 bits per heavy atom. The molecule has 0 unspecified atom stereocenters. The van der Waals surface area contributed by atoms with Gasteiger partial charge in [0.2, 0.25) is 0 Å². The summed E-state index contributed by atoms with van der Waals surface area (Å²) >= 11 is 0. The van der Waals surface area contributed by atoms with E-state index in [1.165, 1.54) is 0 Å². The second-order valence-corrected chi connectivity index (χ2v) is 3.67. The lowest BCUT2D eigenvalue weighted by molar-refractivity contribution is -0.136. The molecule has 0 atom stereocenters. The lowest BCUT2D eigenvalue weighted by atomic mass is 10.1. The van der Waals surface area contributed by atoms with Crippen LogP contribution in [0.3, 0.4) is 0 Å². The van der Waals surface area contributed by atoms with Gasteiger partial charge in [0, 0.05) is 6.42 Å². The monoisotopic (exact) mass is 247 g/mol. The van der Waals surface area contributed by atoms with E-state index in [9.17, 15) is 4.79 Å². The van der Waals surface area contributed by atoms with Crippen molar-refractivity contribution >= 4 is 11.7 Å². The lowest BCUT2D eigenvalue weighted by Crippen LogP contribution is -2.08. The van der Waals surface area contributed by atoms with Gasteiger partial charge in [0.1, 0.15) is 11.5 Å². The Hall–Kier alpha value is -2.30. The van der Waals surface area contributed by atoms with Gasteiger partial charge in [-0.05, 0) is 24.3 Å². The van der Waals surface area contributed by atoms with Gasteiger partial charge in [-0.3, -0.25) is 0 Å². The molecule has 5 nitrogen and oxygen atoms in total. The maximum atomic E-state index is 11.0. The van der Waals surface area contributed by atoms with Crippen molar-refractivity contribution in [1.29, 1.82) is 0 Å². The number of nitrogens with zero attached hydrogens (tertiary/aromatic N) is 1. The molecule has 0 radical (unpaired) electrons. The van der Waals surface area contributed by atoms with Gasteiger partial charge in [-0.1, -0.05) is 11.7 Å². The van der Waals surface area contributed by atoms with Crippen molar-refractivity contribution in [2.24, 2.45) is 5.16 Å². The second kappa shape index (κ2) is 5.35. The van der Waals surface area contributed by atoms with E-state index >= 15 is 0 Å². The van der Waals surface area contributed by atoms with Crippen LogP contribution in [0.4, 0.5) is 0 Å². The van der Waals surface area contributed by atoms with Crippen LogP contribution in [0.5, 0.6) is 11.5 Å². The minimum Gasteiger partial charge on any atom is -0.497 e. The molecule has 0 saturated carbocycles. The normalized spacial score (nSPS) is 14.2. The van der Waals surface area contributed by atoms with E-state index < -0.39 is 5.97 Å².